The van der Waals surface area contributed by atoms with Crippen LogP contribution in [0.3, 0.4) is 0 Å². The molecule has 0 spiro atoms. The van der Waals surface area contributed by atoms with E-state index in [1.54, 1.807) is 18.2 Å². The van der Waals surface area contributed by atoms with Crippen molar-refractivity contribution in [2.45, 2.75) is 38.1 Å². The van der Waals surface area contributed by atoms with Crippen LogP contribution in [0, 0.1) is 0 Å². The molecule has 2 aromatic rings. The molecule has 0 atom stereocenters. The van der Waals surface area contributed by atoms with E-state index in [1.807, 2.05) is 0 Å². The summed E-state index contributed by atoms with van der Waals surface area (Å²) in [6.45, 7) is -0.307. The largest absolute Gasteiger partial charge is 0.493 e. The molecule has 0 heterocycles. The molecular weight excluding hydrogens is 434 g/mol. The van der Waals surface area contributed by atoms with Crippen LogP contribution < -0.4 is 25.8 Å². The minimum absolute atomic E-state index is 0.147. The second-order valence-corrected chi connectivity index (χ2v) is 7.98. The maximum absolute atomic E-state index is 12.7. The van der Waals surface area contributed by atoms with Crippen molar-refractivity contribution in [1.82, 2.24) is 5.32 Å². The first kappa shape index (κ1) is 23.4. The van der Waals surface area contributed by atoms with E-state index in [1.165, 1.54) is 31.7 Å². The smallest absolute Gasteiger partial charge is 0.255 e. The number of carbonyl (C=O) groups is 3. The molecular formula is C23H26ClN3O5. The average molecular weight is 460 g/mol. The first-order valence-electron chi connectivity index (χ1n) is 10.4. The third-order valence-electron chi connectivity index (χ3n) is 5.20. The minimum Gasteiger partial charge on any atom is -0.493 e. The van der Waals surface area contributed by atoms with Crippen molar-refractivity contribution in [2.75, 3.05) is 19.0 Å². The highest BCUT2D eigenvalue weighted by atomic mass is 35.5. The van der Waals surface area contributed by atoms with Crippen molar-refractivity contribution in [3.05, 3.63) is 52.5 Å². The first-order chi connectivity index (χ1) is 15.4. The molecule has 3 rings (SSSR count). The topological polar surface area (TPSA) is 120 Å². The van der Waals surface area contributed by atoms with Crippen molar-refractivity contribution < 1.29 is 23.9 Å². The van der Waals surface area contributed by atoms with Gasteiger partial charge in [0, 0.05) is 17.3 Å². The molecule has 0 saturated heterocycles. The molecule has 170 valence electrons. The summed E-state index contributed by atoms with van der Waals surface area (Å²) >= 11 is 6.23. The van der Waals surface area contributed by atoms with Gasteiger partial charge in [0.25, 0.3) is 17.7 Å². The third-order valence-corrected chi connectivity index (χ3v) is 5.53. The van der Waals surface area contributed by atoms with Gasteiger partial charge in [-0.05, 0) is 49.2 Å². The highest BCUT2D eigenvalue weighted by molar-refractivity contribution is 6.34. The zero-order chi connectivity index (χ0) is 23.1. The number of nitrogens with two attached hydrogens (primary N) is 1. The van der Waals surface area contributed by atoms with Crippen molar-refractivity contribution in [3.8, 4) is 11.5 Å². The Bertz CT molecular complexity index is 1010. The maximum atomic E-state index is 12.7. The highest BCUT2D eigenvalue weighted by Crippen LogP contribution is 2.29. The lowest BCUT2D eigenvalue weighted by Crippen LogP contribution is -2.36. The number of ether oxygens (including phenoxy) is 2. The summed E-state index contributed by atoms with van der Waals surface area (Å²) in [6, 6.07) is 9.43. The van der Waals surface area contributed by atoms with Gasteiger partial charge in [-0.2, -0.15) is 0 Å². The predicted octanol–water partition coefficient (Wildman–Crippen LogP) is 3.53. The number of hydrogen-bond donors (Lipinski definition) is 3. The lowest BCUT2D eigenvalue weighted by Gasteiger charge is -2.23. The molecule has 0 aromatic heterocycles. The summed E-state index contributed by atoms with van der Waals surface area (Å²) in [5, 5.41) is 6.10. The molecule has 1 fully saturated rings. The van der Waals surface area contributed by atoms with Gasteiger partial charge in [-0.3, -0.25) is 14.4 Å². The van der Waals surface area contributed by atoms with Gasteiger partial charge in [-0.1, -0.05) is 30.9 Å². The van der Waals surface area contributed by atoms with Gasteiger partial charge in [0.1, 0.15) is 0 Å². The van der Waals surface area contributed by atoms with E-state index in [-0.39, 0.29) is 30.1 Å². The Hall–Kier alpha value is -3.26. The van der Waals surface area contributed by atoms with Crippen LogP contribution in [0.2, 0.25) is 5.02 Å². The maximum Gasteiger partial charge on any atom is 0.255 e. The summed E-state index contributed by atoms with van der Waals surface area (Å²) < 4.78 is 10.5. The summed E-state index contributed by atoms with van der Waals surface area (Å²) in [5.41, 5.74) is 6.13. The molecule has 8 nitrogen and oxygen atoms in total. The van der Waals surface area contributed by atoms with Crippen LogP contribution in [0.1, 0.15) is 52.8 Å². The SMILES string of the molecule is COc1cc(C(=O)Nc2ccc(Cl)c(C(=O)NC3CCCCC3)c2)ccc1OCC(N)=O. The molecule has 1 aliphatic carbocycles. The molecule has 0 aliphatic heterocycles. The van der Waals surface area contributed by atoms with E-state index >= 15 is 0 Å². The first-order valence-corrected chi connectivity index (χ1v) is 10.8. The number of benzene rings is 2. The number of amides is 3. The van der Waals surface area contributed by atoms with Crippen LogP contribution in [0.15, 0.2) is 36.4 Å². The Morgan fingerprint density at radius 2 is 1.78 bits per heavy atom. The third kappa shape index (κ3) is 6.13. The van der Waals surface area contributed by atoms with Gasteiger partial charge in [0.05, 0.1) is 17.7 Å². The Labute approximate surface area is 191 Å². The van der Waals surface area contributed by atoms with Crippen LogP contribution in [-0.2, 0) is 4.79 Å². The lowest BCUT2D eigenvalue weighted by molar-refractivity contribution is -0.119. The lowest BCUT2D eigenvalue weighted by atomic mass is 9.95. The molecule has 9 heteroatoms. The number of rotatable bonds is 8. The highest BCUT2D eigenvalue weighted by Gasteiger charge is 2.19. The van der Waals surface area contributed by atoms with E-state index < -0.39 is 11.8 Å². The Morgan fingerprint density at radius 3 is 2.47 bits per heavy atom. The van der Waals surface area contributed by atoms with Gasteiger partial charge in [-0.15, -0.1) is 0 Å². The Kier molecular flexibility index (Phi) is 7.94. The second-order valence-electron chi connectivity index (χ2n) is 7.58. The van der Waals surface area contributed by atoms with Crippen molar-refractivity contribution in [2.24, 2.45) is 5.73 Å². The van der Waals surface area contributed by atoms with E-state index in [0.29, 0.717) is 21.8 Å². The number of anilines is 1. The number of hydrogen-bond acceptors (Lipinski definition) is 5. The number of nitrogens with one attached hydrogen (secondary N) is 2. The van der Waals surface area contributed by atoms with Crippen LogP contribution in [-0.4, -0.2) is 37.5 Å². The van der Waals surface area contributed by atoms with Gasteiger partial charge in [-0.25, -0.2) is 0 Å². The van der Waals surface area contributed by atoms with Crippen molar-refractivity contribution in [3.63, 3.8) is 0 Å². The molecule has 2 aromatic carbocycles. The quantitative estimate of drug-likeness (QED) is 0.557. The molecule has 0 unspecified atom stereocenters. The van der Waals surface area contributed by atoms with Crippen molar-refractivity contribution in [1.29, 1.82) is 0 Å². The fourth-order valence-electron chi connectivity index (χ4n) is 3.57. The molecule has 4 N–H and O–H groups in total. The van der Waals surface area contributed by atoms with Crippen LogP contribution in [0.4, 0.5) is 5.69 Å². The summed E-state index contributed by atoms with van der Waals surface area (Å²) in [5.74, 6) is -0.722. The average Bonchev–Trinajstić information content (AvgIpc) is 2.79. The zero-order valence-corrected chi connectivity index (χ0v) is 18.5. The summed E-state index contributed by atoms with van der Waals surface area (Å²) in [4.78, 5) is 36.3. The normalized spacial score (nSPS) is 13.8. The van der Waals surface area contributed by atoms with Crippen molar-refractivity contribution >= 4 is 35.0 Å². The van der Waals surface area contributed by atoms with Crippen LogP contribution in [0.25, 0.3) is 0 Å². The number of halogens is 1. The Balaban J connectivity index is 1.71. The monoisotopic (exact) mass is 459 g/mol. The number of carbonyl (C=O) groups excluding carboxylic acids is 3. The predicted molar refractivity (Wildman–Crippen MR) is 121 cm³/mol. The molecule has 3 amide bonds. The summed E-state index contributed by atoms with van der Waals surface area (Å²) in [7, 11) is 1.42. The zero-order valence-electron chi connectivity index (χ0n) is 17.8. The van der Waals surface area contributed by atoms with E-state index in [0.717, 1.165) is 25.7 Å². The molecule has 0 bridgehead atoms. The van der Waals surface area contributed by atoms with Gasteiger partial charge in [0.15, 0.2) is 18.1 Å². The second kappa shape index (κ2) is 10.9. The van der Waals surface area contributed by atoms with Gasteiger partial charge >= 0.3 is 0 Å². The van der Waals surface area contributed by atoms with Crippen LogP contribution >= 0.6 is 11.6 Å². The molecule has 1 saturated carbocycles. The van der Waals surface area contributed by atoms with Gasteiger partial charge < -0.3 is 25.8 Å². The molecule has 1 aliphatic rings. The van der Waals surface area contributed by atoms with Crippen LogP contribution in [0.5, 0.6) is 11.5 Å². The fourth-order valence-corrected chi connectivity index (χ4v) is 3.77. The standard InChI is InChI=1S/C23H26ClN3O5/c1-31-20-11-14(7-10-19(20)32-13-21(25)28)22(29)27-16-8-9-18(24)17(12-16)23(30)26-15-5-3-2-4-6-15/h7-12,15H,2-6,13H2,1H3,(H2,25,28)(H,26,30)(H,27,29). The van der Waals surface area contributed by atoms with Gasteiger partial charge in [0.2, 0.25) is 0 Å². The number of primary amides is 1. The Morgan fingerprint density at radius 1 is 1.03 bits per heavy atom. The van der Waals surface area contributed by atoms with E-state index in [2.05, 4.69) is 10.6 Å². The minimum atomic E-state index is -0.625. The number of methoxy groups -OCH3 is 1. The van der Waals surface area contributed by atoms with E-state index in [4.69, 9.17) is 26.8 Å². The summed E-state index contributed by atoms with van der Waals surface area (Å²) in [6.07, 6.45) is 5.31. The molecule has 32 heavy (non-hydrogen) atoms. The van der Waals surface area contributed by atoms with E-state index in [9.17, 15) is 14.4 Å². The fraction of sp³-hybridized carbons (Fsp3) is 0.348. The molecule has 0 radical (unpaired) electrons.